The van der Waals surface area contributed by atoms with Crippen LogP contribution in [0.4, 0.5) is 4.79 Å². The molecule has 0 aromatic carbocycles. The molecule has 0 atom stereocenters. The van der Waals surface area contributed by atoms with Crippen LogP contribution in [0, 0.1) is 0 Å². The van der Waals surface area contributed by atoms with Gasteiger partial charge in [-0.3, -0.25) is 9.78 Å². The molecule has 0 unspecified atom stereocenters. The van der Waals surface area contributed by atoms with Crippen LogP contribution in [0.25, 0.3) is 21.7 Å². The van der Waals surface area contributed by atoms with Crippen LogP contribution in [-0.4, -0.2) is 38.1 Å². The molecule has 0 aliphatic carbocycles. The smallest absolute Gasteiger partial charge is 0.410 e. The first-order chi connectivity index (χ1) is 12.8. The Bertz CT molecular complexity index is 1070. The zero-order valence-corrected chi connectivity index (χ0v) is 16.2. The number of nitrogens with zero attached hydrogens (tertiary/aromatic N) is 3. The lowest BCUT2D eigenvalue weighted by Crippen LogP contribution is -2.39. The number of rotatable bonds is 1. The number of hydrogen-bond donors (Lipinski definition) is 1. The number of fused-ring (bicyclic) bond motifs is 3. The van der Waals surface area contributed by atoms with Gasteiger partial charge >= 0.3 is 6.09 Å². The highest BCUT2D eigenvalue weighted by molar-refractivity contribution is 7.18. The standard InChI is InChI=1S/C19H20N4O3S/c1-19(2,3)26-18(25)23-9-7-11-13(10-23)27-17-14(11)16(24)21-15(22-17)12-6-4-5-8-20-12/h4-6,8H,7,9-10H2,1-3H3,(H,21,22,24). The number of ether oxygens (including phenoxy) is 1. The third kappa shape index (κ3) is 3.44. The summed E-state index contributed by atoms with van der Waals surface area (Å²) in [6.07, 6.45) is 1.95. The molecule has 0 bridgehead atoms. The Morgan fingerprint density at radius 2 is 2.15 bits per heavy atom. The molecule has 0 saturated carbocycles. The largest absolute Gasteiger partial charge is 0.444 e. The van der Waals surface area contributed by atoms with Crippen molar-refractivity contribution in [2.75, 3.05) is 6.54 Å². The summed E-state index contributed by atoms with van der Waals surface area (Å²) in [5, 5.41) is 0.624. The van der Waals surface area contributed by atoms with Gasteiger partial charge in [-0.1, -0.05) is 6.07 Å². The monoisotopic (exact) mass is 384 g/mol. The van der Waals surface area contributed by atoms with Gasteiger partial charge in [-0.2, -0.15) is 0 Å². The lowest BCUT2D eigenvalue weighted by atomic mass is 10.1. The van der Waals surface area contributed by atoms with E-state index < -0.39 is 5.60 Å². The van der Waals surface area contributed by atoms with E-state index in [-0.39, 0.29) is 11.7 Å². The Balaban J connectivity index is 1.69. The van der Waals surface area contributed by atoms with E-state index in [9.17, 15) is 9.59 Å². The third-order valence-corrected chi connectivity index (χ3v) is 5.38. The molecule has 27 heavy (non-hydrogen) atoms. The Morgan fingerprint density at radius 1 is 1.33 bits per heavy atom. The Morgan fingerprint density at radius 3 is 2.85 bits per heavy atom. The van der Waals surface area contributed by atoms with Gasteiger partial charge in [0.15, 0.2) is 5.82 Å². The minimum atomic E-state index is -0.534. The first-order valence-corrected chi connectivity index (χ1v) is 9.57. The summed E-state index contributed by atoms with van der Waals surface area (Å²) in [4.78, 5) is 40.1. The van der Waals surface area contributed by atoms with Crippen LogP contribution in [0.5, 0.6) is 0 Å². The van der Waals surface area contributed by atoms with E-state index in [2.05, 4.69) is 15.0 Å². The average Bonchev–Trinajstić information content (AvgIpc) is 2.99. The fraction of sp³-hybridized carbons (Fsp3) is 0.368. The molecule has 3 aromatic rings. The maximum absolute atomic E-state index is 12.7. The molecule has 4 heterocycles. The van der Waals surface area contributed by atoms with Gasteiger partial charge in [0, 0.05) is 17.6 Å². The highest BCUT2D eigenvalue weighted by Crippen LogP contribution is 2.33. The molecule has 7 nitrogen and oxygen atoms in total. The second-order valence-corrected chi connectivity index (χ2v) is 8.55. The van der Waals surface area contributed by atoms with Crippen LogP contribution in [0.2, 0.25) is 0 Å². The molecule has 0 saturated heterocycles. The average molecular weight is 384 g/mol. The molecule has 1 aliphatic rings. The molecule has 140 valence electrons. The van der Waals surface area contributed by atoms with Gasteiger partial charge in [0.05, 0.1) is 11.9 Å². The molecule has 4 rings (SSSR count). The fourth-order valence-corrected chi connectivity index (χ4v) is 4.34. The maximum atomic E-state index is 12.7. The van der Waals surface area contributed by atoms with Crippen LogP contribution >= 0.6 is 11.3 Å². The number of aromatic nitrogens is 3. The van der Waals surface area contributed by atoms with E-state index in [1.165, 1.54) is 11.3 Å². The molecule has 1 amide bonds. The molecule has 0 radical (unpaired) electrons. The van der Waals surface area contributed by atoms with Crippen molar-refractivity contribution in [2.45, 2.75) is 39.3 Å². The number of hydrogen-bond acceptors (Lipinski definition) is 6. The molecule has 1 N–H and O–H groups in total. The van der Waals surface area contributed by atoms with Crippen LogP contribution in [0.15, 0.2) is 29.2 Å². The van der Waals surface area contributed by atoms with E-state index in [1.54, 1.807) is 11.1 Å². The highest BCUT2D eigenvalue weighted by atomic mass is 32.1. The van der Waals surface area contributed by atoms with E-state index in [0.29, 0.717) is 41.2 Å². The predicted octanol–water partition coefficient (Wildman–Crippen LogP) is 3.34. The number of H-pyrrole nitrogens is 1. The normalized spacial score (nSPS) is 14.3. The van der Waals surface area contributed by atoms with Gasteiger partial charge in [-0.15, -0.1) is 11.3 Å². The second kappa shape index (κ2) is 6.45. The number of pyridine rings is 1. The number of carbonyl (C=O) groups is 1. The molecule has 8 heteroatoms. The van der Waals surface area contributed by atoms with Crippen LogP contribution in [0.3, 0.4) is 0 Å². The first-order valence-electron chi connectivity index (χ1n) is 8.76. The lowest BCUT2D eigenvalue weighted by Gasteiger charge is -2.29. The summed E-state index contributed by atoms with van der Waals surface area (Å²) in [5.41, 5.74) is 0.909. The van der Waals surface area contributed by atoms with Crippen molar-refractivity contribution in [2.24, 2.45) is 0 Å². The summed E-state index contributed by atoms with van der Waals surface area (Å²) < 4.78 is 5.47. The summed E-state index contributed by atoms with van der Waals surface area (Å²) in [7, 11) is 0. The van der Waals surface area contributed by atoms with Crippen molar-refractivity contribution in [3.8, 4) is 11.5 Å². The Hall–Kier alpha value is -2.74. The van der Waals surface area contributed by atoms with E-state index >= 15 is 0 Å². The van der Waals surface area contributed by atoms with Gasteiger partial charge in [0.1, 0.15) is 16.1 Å². The lowest BCUT2D eigenvalue weighted by molar-refractivity contribution is 0.0227. The van der Waals surface area contributed by atoms with E-state index in [4.69, 9.17) is 4.74 Å². The van der Waals surface area contributed by atoms with Crippen molar-refractivity contribution >= 4 is 27.6 Å². The van der Waals surface area contributed by atoms with Crippen LogP contribution in [-0.2, 0) is 17.7 Å². The molecule has 0 spiro atoms. The second-order valence-electron chi connectivity index (χ2n) is 7.47. The Kier molecular flexibility index (Phi) is 4.22. The number of thiophene rings is 1. The van der Waals surface area contributed by atoms with Crippen molar-refractivity contribution in [3.05, 3.63) is 45.2 Å². The predicted molar refractivity (Wildman–Crippen MR) is 104 cm³/mol. The van der Waals surface area contributed by atoms with Crippen LogP contribution < -0.4 is 5.56 Å². The zero-order chi connectivity index (χ0) is 19.2. The van der Waals surface area contributed by atoms with Crippen molar-refractivity contribution in [3.63, 3.8) is 0 Å². The van der Waals surface area contributed by atoms with Crippen molar-refractivity contribution in [1.82, 2.24) is 19.9 Å². The third-order valence-electron chi connectivity index (χ3n) is 4.27. The molecular weight excluding hydrogens is 364 g/mol. The van der Waals surface area contributed by atoms with Gasteiger partial charge in [-0.05, 0) is 44.9 Å². The number of amides is 1. The first kappa shape index (κ1) is 17.7. The van der Waals surface area contributed by atoms with Crippen molar-refractivity contribution in [1.29, 1.82) is 0 Å². The molecule has 0 fully saturated rings. The van der Waals surface area contributed by atoms with Gasteiger partial charge in [0.25, 0.3) is 5.56 Å². The molecular formula is C19H20N4O3S. The summed E-state index contributed by atoms with van der Waals surface area (Å²) >= 11 is 1.45. The summed E-state index contributed by atoms with van der Waals surface area (Å²) in [6, 6.07) is 5.47. The maximum Gasteiger partial charge on any atom is 0.410 e. The quantitative estimate of drug-likeness (QED) is 0.695. The topological polar surface area (TPSA) is 88.2 Å². The van der Waals surface area contributed by atoms with Gasteiger partial charge in [-0.25, -0.2) is 9.78 Å². The minimum absolute atomic E-state index is 0.163. The number of aromatic amines is 1. The van der Waals surface area contributed by atoms with Crippen molar-refractivity contribution < 1.29 is 9.53 Å². The Labute approximate surface area is 160 Å². The number of carbonyl (C=O) groups excluding carboxylic acids is 1. The van der Waals surface area contributed by atoms with Crippen LogP contribution in [0.1, 0.15) is 31.2 Å². The minimum Gasteiger partial charge on any atom is -0.444 e. The summed E-state index contributed by atoms with van der Waals surface area (Å²) in [5.74, 6) is 0.454. The zero-order valence-electron chi connectivity index (χ0n) is 15.4. The SMILES string of the molecule is CC(C)(C)OC(=O)N1CCc2c(sc3nc(-c4ccccn4)[nH]c(=O)c23)C1. The fourth-order valence-electron chi connectivity index (χ4n) is 3.11. The van der Waals surface area contributed by atoms with E-state index in [1.807, 2.05) is 39.0 Å². The number of nitrogens with one attached hydrogen (secondary N) is 1. The van der Waals surface area contributed by atoms with E-state index in [0.717, 1.165) is 10.4 Å². The molecule has 1 aliphatic heterocycles. The summed E-state index contributed by atoms with van der Waals surface area (Å²) in [6.45, 7) is 6.51. The van der Waals surface area contributed by atoms with Gasteiger partial charge in [0.2, 0.25) is 0 Å². The van der Waals surface area contributed by atoms with Gasteiger partial charge < -0.3 is 14.6 Å². The highest BCUT2D eigenvalue weighted by Gasteiger charge is 2.29. The molecule has 3 aromatic heterocycles.